The fraction of sp³-hybridized carbons (Fsp3) is 0. The number of nitrogens with zero attached hydrogens (tertiary/aromatic N) is 2. The molecule has 84 valence electrons. The molecule has 0 saturated carbocycles. The monoisotopic (exact) mass is 262 g/mol. The van der Waals surface area contributed by atoms with Crippen LogP contribution in [0, 0.1) is 5.82 Å². The number of pyridine rings is 1. The van der Waals surface area contributed by atoms with E-state index < -0.39 is 0 Å². The summed E-state index contributed by atoms with van der Waals surface area (Å²) in [6.45, 7) is 0. The highest BCUT2D eigenvalue weighted by atomic mass is 32.1. The van der Waals surface area contributed by atoms with Crippen LogP contribution in [0.5, 0.6) is 0 Å². The van der Waals surface area contributed by atoms with Crippen LogP contribution in [0.3, 0.4) is 0 Å². The summed E-state index contributed by atoms with van der Waals surface area (Å²) in [5.41, 5.74) is 1.48. The molecule has 0 atom stereocenters. The van der Waals surface area contributed by atoms with E-state index in [4.69, 9.17) is 0 Å². The van der Waals surface area contributed by atoms with E-state index >= 15 is 0 Å². The Hall–Kier alpha value is -1.59. The van der Waals surface area contributed by atoms with Gasteiger partial charge >= 0.3 is 0 Å². The average Bonchev–Trinajstić information content (AvgIpc) is 3.00. The maximum atomic E-state index is 13.0. The highest BCUT2D eigenvalue weighted by Gasteiger charge is 2.08. The van der Waals surface area contributed by atoms with E-state index in [1.165, 1.54) is 12.3 Å². The van der Waals surface area contributed by atoms with Gasteiger partial charge in [-0.3, -0.25) is 4.98 Å². The van der Waals surface area contributed by atoms with Crippen molar-refractivity contribution in [3.8, 4) is 21.1 Å². The minimum absolute atomic E-state index is 0.340. The van der Waals surface area contributed by atoms with Gasteiger partial charge in [-0.15, -0.1) is 22.7 Å². The van der Waals surface area contributed by atoms with Crippen molar-refractivity contribution in [2.75, 3.05) is 0 Å². The van der Waals surface area contributed by atoms with E-state index in [2.05, 4.69) is 9.97 Å². The number of rotatable bonds is 2. The topological polar surface area (TPSA) is 25.8 Å². The van der Waals surface area contributed by atoms with E-state index in [-0.39, 0.29) is 5.82 Å². The summed E-state index contributed by atoms with van der Waals surface area (Å²) in [6, 6.07) is 5.46. The first-order chi connectivity index (χ1) is 8.33. The Labute approximate surface area is 105 Å². The maximum Gasteiger partial charge on any atom is 0.142 e. The average molecular weight is 262 g/mol. The van der Waals surface area contributed by atoms with E-state index in [0.29, 0.717) is 5.56 Å². The second kappa shape index (κ2) is 4.35. The van der Waals surface area contributed by atoms with Crippen molar-refractivity contribution in [3.63, 3.8) is 0 Å². The number of hydrogen-bond donors (Lipinski definition) is 0. The molecule has 0 bridgehead atoms. The molecule has 0 aliphatic carbocycles. The second-order valence-electron chi connectivity index (χ2n) is 3.41. The van der Waals surface area contributed by atoms with Crippen molar-refractivity contribution in [1.82, 2.24) is 9.97 Å². The molecule has 0 radical (unpaired) electrons. The van der Waals surface area contributed by atoms with Gasteiger partial charge in [0.05, 0.1) is 16.8 Å². The standard InChI is InChI=1S/C12H7FN2S2/c13-9-4-8(5-14-6-9)10-7-17-12(15-10)11-2-1-3-16-11/h1-7H. The van der Waals surface area contributed by atoms with Crippen LogP contribution < -0.4 is 0 Å². The molecule has 0 spiro atoms. The number of aromatic nitrogens is 2. The number of thiophene rings is 1. The molecule has 5 heteroatoms. The number of halogens is 1. The van der Waals surface area contributed by atoms with Crippen LogP contribution in [0.1, 0.15) is 0 Å². The highest BCUT2D eigenvalue weighted by Crippen LogP contribution is 2.31. The summed E-state index contributed by atoms with van der Waals surface area (Å²) >= 11 is 3.20. The Bertz CT molecular complexity index is 632. The lowest BCUT2D eigenvalue weighted by atomic mass is 10.2. The van der Waals surface area contributed by atoms with Crippen LogP contribution in [0.15, 0.2) is 41.4 Å². The summed E-state index contributed by atoms with van der Waals surface area (Å²) in [6.07, 6.45) is 2.81. The van der Waals surface area contributed by atoms with Crippen molar-refractivity contribution >= 4 is 22.7 Å². The zero-order chi connectivity index (χ0) is 11.7. The zero-order valence-corrected chi connectivity index (χ0v) is 10.3. The molecule has 0 fully saturated rings. The molecular weight excluding hydrogens is 255 g/mol. The molecule has 0 N–H and O–H groups in total. The molecule has 0 unspecified atom stereocenters. The third kappa shape index (κ3) is 2.11. The van der Waals surface area contributed by atoms with Gasteiger partial charge in [-0.2, -0.15) is 0 Å². The molecule has 0 amide bonds. The zero-order valence-electron chi connectivity index (χ0n) is 8.63. The van der Waals surface area contributed by atoms with Crippen LogP contribution in [-0.4, -0.2) is 9.97 Å². The fourth-order valence-corrected chi connectivity index (χ4v) is 3.11. The van der Waals surface area contributed by atoms with Crippen molar-refractivity contribution in [2.24, 2.45) is 0 Å². The number of thiazole rings is 1. The summed E-state index contributed by atoms with van der Waals surface area (Å²) < 4.78 is 13.0. The summed E-state index contributed by atoms with van der Waals surface area (Å²) in [4.78, 5) is 9.44. The van der Waals surface area contributed by atoms with E-state index in [1.807, 2.05) is 22.9 Å². The van der Waals surface area contributed by atoms with Gasteiger partial charge in [0, 0.05) is 17.1 Å². The van der Waals surface area contributed by atoms with Gasteiger partial charge in [0.15, 0.2) is 0 Å². The van der Waals surface area contributed by atoms with E-state index in [9.17, 15) is 4.39 Å². The number of hydrogen-bond acceptors (Lipinski definition) is 4. The molecule has 0 aliphatic rings. The first kappa shape index (κ1) is 10.6. The molecule has 0 aliphatic heterocycles. The Kier molecular flexibility index (Phi) is 2.70. The molecule has 3 aromatic rings. The molecule has 3 aromatic heterocycles. The molecule has 3 rings (SSSR count). The van der Waals surface area contributed by atoms with Gasteiger partial charge in [0.2, 0.25) is 0 Å². The fourth-order valence-electron chi connectivity index (χ4n) is 1.47. The minimum Gasteiger partial charge on any atom is -0.261 e. The predicted molar refractivity (Wildman–Crippen MR) is 68.6 cm³/mol. The van der Waals surface area contributed by atoms with Crippen LogP contribution in [0.4, 0.5) is 4.39 Å². The Morgan fingerprint density at radius 2 is 2.12 bits per heavy atom. The van der Waals surface area contributed by atoms with Crippen molar-refractivity contribution in [1.29, 1.82) is 0 Å². The molecule has 3 heterocycles. The highest BCUT2D eigenvalue weighted by molar-refractivity contribution is 7.20. The largest absolute Gasteiger partial charge is 0.261 e. The Balaban J connectivity index is 2.01. The molecule has 0 aromatic carbocycles. The van der Waals surface area contributed by atoms with Crippen LogP contribution >= 0.6 is 22.7 Å². The Morgan fingerprint density at radius 1 is 1.18 bits per heavy atom. The lowest BCUT2D eigenvalue weighted by Gasteiger charge is -1.95. The molecule has 2 nitrogen and oxygen atoms in total. The van der Waals surface area contributed by atoms with Crippen molar-refractivity contribution < 1.29 is 4.39 Å². The van der Waals surface area contributed by atoms with Crippen molar-refractivity contribution in [3.05, 3.63) is 47.2 Å². The van der Waals surface area contributed by atoms with Crippen molar-refractivity contribution in [2.45, 2.75) is 0 Å². The lowest BCUT2D eigenvalue weighted by molar-refractivity contribution is 0.622. The van der Waals surface area contributed by atoms with E-state index in [1.54, 1.807) is 28.9 Å². The first-order valence-electron chi connectivity index (χ1n) is 4.93. The smallest absolute Gasteiger partial charge is 0.142 e. The first-order valence-corrected chi connectivity index (χ1v) is 6.69. The summed E-state index contributed by atoms with van der Waals surface area (Å²) in [7, 11) is 0. The van der Waals surface area contributed by atoms with Gasteiger partial charge in [-0.25, -0.2) is 9.37 Å². The van der Waals surface area contributed by atoms with Gasteiger partial charge in [-0.05, 0) is 17.5 Å². The van der Waals surface area contributed by atoms with Crippen LogP contribution in [-0.2, 0) is 0 Å². The van der Waals surface area contributed by atoms with Gasteiger partial charge in [0.25, 0.3) is 0 Å². The molecule has 0 saturated heterocycles. The minimum atomic E-state index is -0.340. The SMILES string of the molecule is Fc1cncc(-c2csc(-c3cccs3)n2)c1. The van der Waals surface area contributed by atoms with Gasteiger partial charge in [-0.1, -0.05) is 6.07 Å². The lowest BCUT2D eigenvalue weighted by Crippen LogP contribution is -1.83. The summed E-state index contributed by atoms with van der Waals surface area (Å²) in [5, 5.41) is 4.89. The molecule has 17 heavy (non-hydrogen) atoms. The second-order valence-corrected chi connectivity index (χ2v) is 5.21. The van der Waals surface area contributed by atoms with Gasteiger partial charge < -0.3 is 0 Å². The maximum absolute atomic E-state index is 13.0. The summed E-state index contributed by atoms with van der Waals surface area (Å²) in [5.74, 6) is -0.340. The van der Waals surface area contributed by atoms with Crippen LogP contribution in [0.25, 0.3) is 21.1 Å². The quantitative estimate of drug-likeness (QED) is 0.695. The third-order valence-electron chi connectivity index (χ3n) is 2.24. The van der Waals surface area contributed by atoms with E-state index in [0.717, 1.165) is 15.6 Å². The molecular formula is C12H7FN2S2. The Morgan fingerprint density at radius 3 is 2.88 bits per heavy atom. The third-order valence-corrected chi connectivity index (χ3v) is 4.12. The van der Waals surface area contributed by atoms with Gasteiger partial charge in [0.1, 0.15) is 10.8 Å². The predicted octanol–water partition coefficient (Wildman–Crippen LogP) is 4.07. The normalized spacial score (nSPS) is 10.6. The van der Waals surface area contributed by atoms with Crippen LogP contribution in [0.2, 0.25) is 0 Å².